The summed E-state index contributed by atoms with van der Waals surface area (Å²) in [4.78, 5) is 17.5. The predicted molar refractivity (Wildman–Crippen MR) is 132 cm³/mol. The minimum Gasteiger partial charge on any atom is -0.376 e. The van der Waals surface area contributed by atoms with Crippen LogP contribution in [0.3, 0.4) is 0 Å². The van der Waals surface area contributed by atoms with E-state index < -0.39 is 10.0 Å². The van der Waals surface area contributed by atoms with Crippen molar-refractivity contribution in [1.29, 1.82) is 0 Å². The van der Waals surface area contributed by atoms with E-state index in [0.29, 0.717) is 29.4 Å². The second kappa shape index (κ2) is 10.1. The molecule has 174 valence electrons. The van der Waals surface area contributed by atoms with Gasteiger partial charge in [0.05, 0.1) is 21.2 Å². The number of amides is 1. The molecule has 0 spiro atoms. The van der Waals surface area contributed by atoms with Crippen molar-refractivity contribution in [3.63, 3.8) is 0 Å². The first-order valence-corrected chi connectivity index (χ1v) is 12.7. The second-order valence-corrected chi connectivity index (χ2v) is 10.3. The Bertz CT molecular complexity index is 1080. The van der Waals surface area contributed by atoms with E-state index in [2.05, 4.69) is 10.2 Å². The number of sulfonamides is 1. The van der Waals surface area contributed by atoms with Crippen molar-refractivity contribution in [1.82, 2.24) is 4.31 Å². The average molecular weight is 479 g/mol. The number of anilines is 3. The zero-order chi connectivity index (χ0) is 23.5. The van der Waals surface area contributed by atoms with Crippen molar-refractivity contribution in [2.24, 2.45) is 0 Å². The van der Waals surface area contributed by atoms with E-state index in [1.54, 1.807) is 38.1 Å². The molecule has 3 rings (SSSR count). The first kappa shape index (κ1) is 24.4. The Kier molecular flexibility index (Phi) is 7.69. The van der Waals surface area contributed by atoms with Crippen LogP contribution in [0.15, 0.2) is 41.3 Å². The van der Waals surface area contributed by atoms with Gasteiger partial charge in [0.2, 0.25) is 10.0 Å². The minimum atomic E-state index is -3.68. The lowest BCUT2D eigenvalue weighted by Crippen LogP contribution is -2.31. The van der Waals surface area contributed by atoms with Gasteiger partial charge in [0.15, 0.2) is 0 Å². The average Bonchev–Trinajstić information content (AvgIpc) is 3.28. The first-order chi connectivity index (χ1) is 15.2. The summed E-state index contributed by atoms with van der Waals surface area (Å²) in [5.74, 6) is -0.364. The Morgan fingerprint density at radius 1 is 1.06 bits per heavy atom. The van der Waals surface area contributed by atoms with Crippen LogP contribution < -0.4 is 15.1 Å². The van der Waals surface area contributed by atoms with Gasteiger partial charge in [-0.25, -0.2) is 8.42 Å². The quantitative estimate of drug-likeness (QED) is 0.612. The van der Waals surface area contributed by atoms with Gasteiger partial charge in [0, 0.05) is 51.6 Å². The molecule has 1 heterocycles. The molecule has 0 aromatic heterocycles. The van der Waals surface area contributed by atoms with Crippen molar-refractivity contribution in [2.45, 2.75) is 31.6 Å². The highest BCUT2D eigenvalue weighted by atomic mass is 35.5. The standard InChI is InChI=1S/C23H31ClN4O3S/c1-5-28(6-2)32(30,31)18-10-12-21(27-13-7-8-14-27)19(16-18)23(29)25-17-9-11-22(26(3)4)20(24)15-17/h9-12,15-16H,5-8,13-14H2,1-4H3,(H,25,29). The zero-order valence-electron chi connectivity index (χ0n) is 19.1. The molecule has 1 saturated heterocycles. The number of nitrogens with one attached hydrogen (secondary N) is 1. The van der Waals surface area contributed by atoms with Gasteiger partial charge in [0.25, 0.3) is 5.91 Å². The molecule has 0 aliphatic carbocycles. The molecule has 0 radical (unpaired) electrons. The Labute approximate surface area is 196 Å². The molecule has 0 saturated carbocycles. The fourth-order valence-corrected chi connectivity index (χ4v) is 5.78. The van der Waals surface area contributed by atoms with Crippen LogP contribution in [0.4, 0.5) is 17.1 Å². The minimum absolute atomic E-state index is 0.121. The smallest absolute Gasteiger partial charge is 0.257 e. The van der Waals surface area contributed by atoms with E-state index in [4.69, 9.17) is 11.6 Å². The van der Waals surface area contributed by atoms with Gasteiger partial charge in [0.1, 0.15) is 0 Å². The van der Waals surface area contributed by atoms with Gasteiger partial charge in [-0.3, -0.25) is 4.79 Å². The maximum Gasteiger partial charge on any atom is 0.257 e. The molecule has 0 atom stereocenters. The normalized spacial score (nSPS) is 14.1. The highest BCUT2D eigenvalue weighted by Crippen LogP contribution is 2.31. The fourth-order valence-electron chi connectivity index (χ4n) is 3.95. The van der Waals surface area contributed by atoms with Crippen LogP contribution in [0, 0.1) is 0 Å². The largest absolute Gasteiger partial charge is 0.376 e. The van der Waals surface area contributed by atoms with Crippen LogP contribution >= 0.6 is 11.6 Å². The third kappa shape index (κ3) is 5.03. The molecule has 1 aliphatic rings. The number of hydrogen-bond donors (Lipinski definition) is 1. The number of halogens is 1. The summed E-state index contributed by atoms with van der Waals surface area (Å²) in [6.07, 6.45) is 2.09. The lowest BCUT2D eigenvalue weighted by Gasteiger charge is -2.23. The Hall–Kier alpha value is -2.29. The van der Waals surface area contributed by atoms with Crippen LogP contribution in [0.1, 0.15) is 37.0 Å². The van der Waals surface area contributed by atoms with Crippen LogP contribution in [0.25, 0.3) is 0 Å². The maximum absolute atomic E-state index is 13.3. The molecule has 2 aromatic carbocycles. The van der Waals surface area contributed by atoms with Gasteiger partial charge in [-0.15, -0.1) is 0 Å². The van der Waals surface area contributed by atoms with Crippen molar-refractivity contribution in [2.75, 3.05) is 55.4 Å². The van der Waals surface area contributed by atoms with Crippen LogP contribution in [-0.4, -0.2) is 58.9 Å². The molecule has 0 unspecified atom stereocenters. The molecule has 1 N–H and O–H groups in total. The highest BCUT2D eigenvalue weighted by Gasteiger charge is 2.26. The van der Waals surface area contributed by atoms with Crippen molar-refractivity contribution < 1.29 is 13.2 Å². The molecular weight excluding hydrogens is 448 g/mol. The molecule has 1 amide bonds. The van der Waals surface area contributed by atoms with Gasteiger partial charge in [-0.2, -0.15) is 4.31 Å². The number of hydrogen-bond acceptors (Lipinski definition) is 5. The van der Waals surface area contributed by atoms with Gasteiger partial charge in [-0.1, -0.05) is 25.4 Å². The second-order valence-electron chi connectivity index (χ2n) is 7.98. The molecule has 32 heavy (non-hydrogen) atoms. The molecule has 7 nitrogen and oxygen atoms in total. The van der Waals surface area contributed by atoms with Crippen LogP contribution in [-0.2, 0) is 10.0 Å². The van der Waals surface area contributed by atoms with E-state index in [1.165, 1.54) is 10.4 Å². The van der Waals surface area contributed by atoms with E-state index in [-0.39, 0.29) is 10.8 Å². The maximum atomic E-state index is 13.3. The molecule has 9 heteroatoms. The molecule has 0 bridgehead atoms. The summed E-state index contributed by atoms with van der Waals surface area (Å²) in [5.41, 5.74) is 2.48. The number of nitrogens with zero attached hydrogens (tertiary/aromatic N) is 3. The van der Waals surface area contributed by atoms with E-state index in [1.807, 2.05) is 25.1 Å². The fraction of sp³-hybridized carbons (Fsp3) is 0.435. The van der Waals surface area contributed by atoms with E-state index in [0.717, 1.165) is 37.3 Å². The van der Waals surface area contributed by atoms with Crippen LogP contribution in [0.2, 0.25) is 5.02 Å². The lowest BCUT2D eigenvalue weighted by molar-refractivity contribution is 0.102. The Morgan fingerprint density at radius 2 is 1.72 bits per heavy atom. The Morgan fingerprint density at radius 3 is 2.28 bits per heavy atom. The predicted octanol–water partition coefficient (Wildman–Crippen LogP) is 4.29. The summed E-state index contributed by atoms with van der Waals surface area (Å²) in [5, 5.41) is 3.41. The van der Waals surface area contributed by atoms with Gasteiger partial charge >= 0.3 is 0 Å². The highest BCUT2D eigenvalue weighted by molar-refractivity contribution is 7.89. The third-order valence-corrected chi connectivity index (χ3v) is 8.04. The van der Waals surface area contributed by atoms with Gasteiger partial charge < -0.3 is 15.1 Å². The van der Waals surface area contributed by atoms with E-state index >= 15 is 0 Å². The number of carbonyl (C=O) groups excluding carboxylic acids is 1. The van der Waals surface area contributed by atoms with Crippen molar-refractivity contribution >= 4 is 44.6 Å². The Balaban J connectivity index is 2.00. The zero-order valence-corrected chi connectivity index (χ0v) is 20.6. The topological polar surface area (TPSA) is 73.0 Å². The lowest BCUT2D eigenvalue weighted by atomic mass is 10.1. The molecule has 1 fully saturated rings. The summed E-state index contributed by atoms with van der Waals surface area (Å²) in [7, 11) is 0.101. The monoisotopic (exact) mass is 478 g/mol. The molecule has 2 aromatic rings. The molecule has 1 aliphatic heterocycles. The summed E-state index contributed by atoms with van der Waals surface area (Å²) < 4.78 is 27.5. The van der Waals surface area contributed by atoms with Gasteiger partial charge in [-0.05, 0) is 49.2 Å². The summed E-state index contributed by atoms with van der Waals surface area (Å²) in [6, 6.07) is 10.2. The van der Waals surface area contributed by atoms with Crippen molar-refractivity contribution in [3.8, 4) is 0 Å². The number of carbonyl (C=O) groups is 1. The van der Waals surface area contributed by atoms with E-state index in [9.17, 15) is 13.2 Å². The third-order valence-electron chi connectivity index (χ3n) is 5.69. The van der Waals surface area contributed by atoms with Crippen molar-refractivity contribution in [3.05, 3.63) is 47.0 Å². The van der Waals surface area contributed by atoms with Crippen LogP contribution in [0.5, 0.6) is 0 Å². The summed E-state index contributed by atoms with van der Waals surface area (Å²) >= 11 is 6.35. The number of rotatable bonds is 8. The SMILES string of the molecule is CCN(CC)S(=O)(=O)c1ccc(N2CCCC2)c(C(=O)Nc2ccc(N(C)C)c(Cl)c2)c1. The molecular formula is C23H31ClN4O3S. The summed E-state index contributed by atoms with van der Waals surface area (Å²) in [6.45, 7) is 6.01. The first-order valence-electron chi connectivity index (χ1n) is 10.9. The number of benzene rings is 2.